The zero-order valence-corrected chi connectivity index (χ0v) is 13.4. The van der Waals surface area contributed by atoms with Crippen LogP contribution in [0.4, 0.5) is 5.82 Å². The summed E-state index contributed by atoms with van der Waals surface area (Å²) < 4.78 is 5.75. The summed E-state index contributed by atoms with van der Waals surface area (Å²) >= 11 is 0. The fourth-order valence-electron chi connectivity index (χ4n) is 2.20. The number of nitrogens with one attached hydrogen (secondary N) is 1. The van der Waals surface area contributed by atoms with E-state index in [2.05, 4.69) is 36.3 Å². The topological polar surface area (TPSA) is 47.0 Å². The smallest absolute Gasteiger partial charge is 0.151 e. The second-order valence-corrected chi connectivity index (χ2v) is 5.37. The largest absolute Gasteiger partial charge is 0.491 e. The first kappa shape index (κ1) is 15.3. The van der Waals surface area contributed by atoms with Crippen LogP contribution in [-0.4, -0.2) is 22.8 Å². The molecule has 0 aliphatic heterocycles. The quantitative estimate of drug-likeness (QED) is 0.902. The van der Waals surface area contributed by atoms with Crippen molar-refractivity contribution in [1.82, 2.24) is 10.2 Å². The number of aromatic nitrogens is 2. The summed E-state index contributed by atoms with van der Waals surface area (Å²) in [7, 11) is 0. The van der Waals surface area contributed by atoms with Gasteiger partial charge in [0.15, 0.2) is 5.82 Å². The van der Waals surface area contributed by atoms with Gasteiger partial charge in [0.25, 0.3) is 0 Å². The maximum absolute atomic E-state index is 5.75. The Morgan fingerprint density at radius 2 is 1.90 bits per heavy atom. The molecule has 0 saturated heterocycles. The highest BCUT2D eigenvalue weighted by Gasteiger charge is 2.11. The second kappa shape index (κ2) is 6.57. The van der Waals surface area contributed by atoms with Gasteiger partial charge in [-0.05, 0) is 57.9 Å². The van der Waals surface area contributed by atoms with Crippen molar-refractivity contribution in [1.29, 1.82) is 0 Å². The predicted octanol–water partition coefficient (Wildman–Crippen LogP) is 3.98. The van der Waals surface area contributed by atoms with Crippen LogP contribution < -0.4 is 10.1 Å². The van der Waals surface area contributed by atoms with E-state index < -0.39 is 0 Å². The van der Waals surface area contributed by atoms with Gasteiger partial charge in [0.2, 0.25) is 0 Å². The van der Waals surface area contributed by atoms with Crippen LogP contribution in [0.5, 0.6) is 5.75 Å². The van der Waals surface area contributed by atoms with Crippen LogP contribution in [0, 0.1) is 13.8 Å². The van der Waals surface area contributed by atoms with E-state index in [1.165, 1.54) is 0 Å². The van der Waals surface area contributed by atoms with E-state index in [4.69, 9.17) is 4.74 Å². The monoisotopic (exact) mass is 285 g/mol. The molecule has 2 aromatic rings. The number of ether oxygens (including phenoxy) is 1. The number of nitrogens with zero attached hydrogens (tertiary/aromatic N) is 2. The van der Waals surface area contributed by atoms with Crippen LogP contribution in [0.3, 0.4) is 0 Å². The van der Waals surface area contributed by atoms with E-state index in [-0.39, 0.29) is 6.10 Å². The van der Waals surface area contributed by atoms with Gasteiger partial charge in [-0.2, -0.15) is 0 Å². The summed E-state index contributed by atoms with van der Waals surface area (Å²) in [4.78, 5) is 0. The molecule has 0 unspecified atom stereocenters. The summed E-state index contributed by atoms with van der Waals surface area (Å²) in [6.07, 6.45) is 0.158. The zero-order valence-electron chi connectivity index (χ0n) is 13.4. The maximum Gasteiger partial charge on any atom is 0.151 e. The van der Waals surface area contributed by atoms with Gasteiger partial charge >= 0.3 is 0 Å². The van der Waals surface area contributed by atoms with Crippen LogP contribution in [-0.2, 0) is 0 Å². The Hall–Kier alpha value is -2.10. The van der Waals surface area contributed by atoms with Gasteiger partial charge in [0, 0.05) is 12.1 Å². The van der Waals surface area contributed by atoms with Crippen LogP contribution >= 0.6 is 0 Å². The molecule has 0 aliphatic carbocycles. The highest BCUT2D eigenvalue weighted by Crippen LogP contribution is 2.28. The van der Waals surface area contributed by atoms with Crippen molar-refractivity contribution in [3.05, 3.63) is 35.4 Å². The normalized spacial score (nSPS) is 10.8. The molecular weight excluding hydrogens is 262 g/mol. The molecule has 4 heteroatoms. The van der Waals surface area contributed by atoms with E-state index in [0.717, 1.165) is 40.5 Å². The Kier molecular flexibility index (Phi) is 4.78. The molecule has 21 heavy (non-hydrogen) atoms. The predicted molar refractivity (Wildman–Crippen MR) is 86.9 cm³/mol. The van der Waals surface area contributed by atoms with Crippen molar-refractivity contribution in [2.45, 2.75) is 40.7 Å². The van der Waals surface area contributed by atoms with Gasteiger partial charge in [-0.25, -0.2) is 0 Å². The molecule has 2 rings (SSSR count). The first-order chi connectivity index (χ1) is 10.0. The van der Waals surface area contributed by atoms with Crippen molar-refractivity contribution in [3.8, 4) is 17.0 Å². The summed E-state index contributed by atoms with van der Waals surface area (Å²) in [5.74, 6) is 1.71. The van der Waals surface area contributed by atoms with Gasteiger partial charge in [-0.15, -0.1) is 10.2 Å². The summed E-state index contributed by atoms with van der Waals surface area (Å²) in [5.41, 5.74) is 4.22. The molecule has 1 N–H and O–H groups in total. The molecule has 0 saturated carbocycles. The molecule has 0 fully saturated rings. The van der Waals surface area contributed by atoms with Crippen LogP contribution in [0.2, 0.25) is 0 Å². The highest BCUT2D eigenvalue weighted by molar-refractivity contribution is 5.67. The SMILES string of the molecule is CCNc1nnc(-c2cccc(OC(C)C)c2)c(C)c1C. The van der Waals surface area contributed by atoms with Crippen LogP contribution in [0.25, 0.3) is 11.3 Å². The molecule has 0 radical (unpaired) electrons. The Morgan fingerprint density at radius 1 is 1.14 bits per heavy atom. The lowest BCUT2D eigenvalue weighted by molar-refractivity contribution is 0.242. The van der Waals surface area contributed by atoms with E-state index in [9.17, 15) is 0 Å². The molecule has 0 amide bonds. The number of hydrogen-bond donors (Lipinski definition) is 1. The minimum atomic E-state index is 0.158. The highest BCUT2D eigenvalue weighted by atomic mass is 16.5. The third kappa shape index (κ3) is 3.51. The Bertz CT molecular complexity index is 623. The number of benzene rings is 1. The first-order valence-electron chi connectivity index (χ1n) is 7.37. The fraction of sp³-hybridized carbons (Fsp3) is 0.412. The lowest BCUT2D eigenvalue weighted by Crippen LogP contribution is -2.07. The molecule has 1 heterocycles. The average Bonchev–Trinajstić information content (AvgIpc) is 2.44. The van der Waals surface area contributed by atoms with Crippen molar-refractivity contribution >= 4 is 5.82 Å². The van der Waals surface area contributed by atoms with E-state index >= 15 is 0 Å². The standard InChI is InChI=1S/C17H23N3O/c1-6-18-17-13(5)12(4)16(19-20-17)14-8-7-9-15(10-14)21-11(2)3/h7-11H,6H2,1-5H3,(H,18,20). The Balaban J connectivity index is 2.40. The number of rotatable bonds is 5. The van der Waals surface area contributed by atoms with Crippen molar-refractivity contribution in [3.63, 3.8) is 0 Å². The second-order valence-electron chi connectivity index (χ2n) is 5.37. The van der Waals surface area contributed by atoms with Gasteiger partial charge in [-0.1, -0.05) is 12.1 Å². The Morgan fingerprint density at radius 3 is 2.57 bits per heavy atom. The number of hydrogen-bond acceptors (Lipinski definition) is 4. The molecule has 0 atom stereocenters. The van der Waals surface area contributed by atoms with E-state index in [0.29, 0.717) is 0 Å². The molecule has 1 aromatic heterocycles. The van der Waals surface area contributed by atoms with Gasteiger partial charge in [0.1, 0.15) is 5.75 Å². The minimum absolute atomic E-state index is 0.158. The lowest BCUT2D eigenvalue weighted by Gasteiger charge is -2.14. The van der Waals surface area contributed by atoms with E-state index in [1.54, 1.807) is 0 Å². The van der Waals surface area contributed by atoms with Crippen molar-refractivity contribution in [2.75, 3.05) is 11.9 Å². The number of anilines is 1. The van der Waals surface area contributed by atoms with Crippen molar-refractivity contribution in [2.24, 2.45) is 0 Å². The molecule has 4 nitrogen and oxygen atoms in total. The zero-order chi connectivity index (χ0) is 15.4. The summed E-state index contributed by atoms with van der Waals surface area (Å²) in [6, 6.07) is 8.01. The Labute approximate surface area is 126 Å². The average molecular weight is 285 g/mol. The summed E-state index contributed by atoms with van der Waals surface area (Å²) in [6.45, 7) is 11.1. The first-order valence-corrected chi connectivity index (χ1v) is 7.37. The molecule has 0 bridgehead atoms. The van der Waals surface area contributed by atoms with Gasteiger partial charge in [0.05, 0.1) is 11.8 Å². The van der Waals surface area contributed by atoms with E-state index in [1.807, 2.05) is 38.1 Å². The summed E-state index contributed by atoms with van der Waals surface area (Å²) in [5, 5.41) is 11.9. The van der Waals surface area contributed by atoms with Gasteiger partial charge in [-0.3, -0.25) is 0 Å². The third-order valence-electron chi connectivity index (χ3n) is 3.35. The van der Waals surface area contributed by atoms with Crippen LogP contribution in [0.1, 0.15) is 31.9 Å². The fourth-order valence-corrected chi connectivity index (χ4v) is 2.20. The van der Waals surface area contributed by atoms with Crippen LogP contribution in [0.15, 0.2) is 24.3 Å². The van der Waals surface area contributed by atoms with Crippen molar-refractivity contribution < 1.29 is 4.74 Å². The third-order valence-corrected chi connectivity index (χ3v) is 3.35. The molecule has 0 aliphatic rings. The maximum atomic E-state index is 5.75. The lowest BCUT2D eigenvalue weighted by atomic mass is 10.0. The molecule has 0 spiro atoms. The molecular formula is C17H23N3O. The van der Waals surface area contributed by atoms with Gasteiger partial charge < -0.3 is 10.1 Å². The minimum Gasteiger partial charge on any atom is -0.491 e. The molecule has 1 aromatic carbocycles. The molecule has 112 valence electrons.